The molecular weight excluding hydrogens is 355 g/mol. The van der Waals surface area contributed by atoms with Crippen LogP contribution < -0.4 is 10.2 Å². The van der Waals surface area contributed by atoms with Crippen LogP contribution in [0.5, 0.6) is 5.88 Å². The minimum atomic E-state index is 0.500. The summed E-state index contributed by atoms with van der Waals surface area (Å²) in [6.45, 7) is 1.94. The van der Waals surface area contributed by atoms with E-state index in [9.17, 15) is 0 Å². The molecule has 19 heavy (non-hydrogen) atoms. The predicted octanol–water partition coefficient (Wildman–Crippen LogP) is 2.93. The molecule has 0 aliphatic carbocycles. The zero-order valence-corrected chi connectivity index (χ0v) is 12.7. The van der Waals surface area contributed by atoms with Gasteiger partial charge in [0.25, 0.3) is 0 Å². The first kappa shape index (κ1) is 13.7. The van der Waals surface area contributed by atoms with Gasteiger partial charge in [-0.3, -0.25) is 5.43 Å². The van der Waals surface area contributed by atoms with Crippen molar-refractivity contribution in [1.82, 2.24) is 9.97 Å². The summed E-state index contributed by atoms with van der Waals surface area (Å²) in [6.07, 6.45) is 1.43. The van der Waals surface area contributed by atoms with Crippen molar-refractivity contribution in [2.45, 2.75) is 6.92 Å². The van der Waals surface area contributed by atoms with Gasteiger partial charge in [-0.25, -0.2) is 9.97 Å². The third kappa shape index (κ3) is 3.88. The Kier molecular flexibility index (Phi) is 4.67. The van der Waals surface area contributed by atoms with Gasteiger partial charge in [-0.2, -0.15) is 5.10 Å². The van der Waals surface area contributed by atoms with Crippen LogP contribution in [0.2, 0.25) is 0 Å². The highest BCUT2D eigenvalue weighted by molar-refractivity contribution is 14.1. The molecule has 0 aliphatic heterocycles. The summed E-state index contributed by atoms with van der Waals surface area (Å²) in [6, 6.07) is 9.83. The van der Waals surface area contributed by atoms with Gasteiger partial charge in [0.15, 0.2) is 5.82 Å². The molecule has 0 atom stereocenters. The van der Waals surface area contributed by atoms with Crippen molar-refractivity contribution in [2.24, 2.45) is 5.10 Å². The van der Waals surface area contributed by atoms with Crippen molar-refractivity contribution in [3.63, 3.8) is 0 Å². The predicted molar refractivity (Wildman–Crippen MR) is 83.6 cm³/mol. The molecule has 0 radical (unpaired) electrons. The van der Waals surface area contributed by atoms with Crippen LogP contribution in [0, 0.1) is 3.57 Å². The summed E-state index contributed by atoms with van der Waals surface area (Å²) >= 11 is 2.27. The molecule has 0 unspecified atom stereocenters. The third-order valence-corrected chi connectivity index (χ3v) is 3.17. The Morgan fingerprint density at radius 2 is 2.00 bits per heavy atom. The van der Waals surface area contributed by atoms with Gasteiger partial charge in [-0.15, -0.1) is 0 Å². The van der Waals surface area contributed by atoms with Gasteiger partial charge in [-0.05, 0) is 47.2 Å². The van der Waals surface area contributed by atoms with Gasteiger partial charge >= 0.3 is 0 Å². The van der Waals surface area contributed by atoms with Crippen LogP contribution in [0.3, 0.4) is 0 Å². The highest BCUT2D eigenvalue weighted by Crippen LogP contribution is 2.11. The number of rotatable bonds is 4. The summed E-state index contributed by atoms with van der Waals surface area (Å²) < 4.78 is 6.22. The Morgan fingerprint density at radius 3 is 2.68 bits per heavy atom. The molecule has 1 heterocycles. The smallest absolute Gasteiger partial charge is 0.218 e. The van der Waals surface area contributed by atoms with Crippen LogP contribution in [0.25, 0.3) is 0 Å². The van der Waals surface area contributed by atoms with Crippen LogP contribution in [-0.2, 0) is 0 Å². The highest BCUT2D eigenvalue weighted by Gasteiger charge is 1.99. The van der Waals surface area contributed by atoms with Gasteiger partial charge in [0.2, 0.25) is 5.88 Å². The van der Waals surface area contributed by atoms with E-state index >= 15 is 0 Å². The Morgan fingerprint density at radius 1 is 1.26 bits per heavy atom. The molecule has 0 amide bonds. The molecule has 0 fully saturated rings. The van der Waals surface area contributed by atoms with Crippen molar-refractivity contribution in [2.75, 3.05) is 12.5 Å². The molecule has 98 valence electrons. The first-order valence-electron chi connectivity index (χ1n) is 5.61. The number of hydrogen-bond donors (Lipinski definition) is 1. The minimum Gasteiger partial charge on any atom is -0.481 e. The minimum absolute atomic E-state index is 0.500. The molecule has 1 aromatic carbocycles. The molecule has 0 aliphatic rings. The number of hydrazone groups is 1. The number of aromatic nitrogens is 2. The highest BCUT2D eigenvalue weighted by atomic mass is 127. The molecule has 2 aromatic rings. The van der Waals surface area contributed by atoms with Crippen molar-refractivity contribution >= 4 is 34.1 Å². The lowest BCUT2D eigenvalue weighted by atomic mass is 10.1. The van der Waals surface area contributed by atoms with Crippen molar-refractivity contribution in [1.29, 1.82) is 0 Å². The molecule has 0 saturated heterocycles. The second-order valence-electron chi connectivity index (χ2n) is 3.76. The fraction of sp³-hybridized carbons (Fsp3) is 0.154. The zero-order valence-electron chi connectivity index (χ0n) is 10.6. The Balaban J connectivity index is 2.10. The molecule has 6 heteroatoms. The Bertz CT molecular complexity index is 583. The maximum absolute atomic E-state index is 5.02. The normalized spacial score (nSPS) is 11.2. The van der Waals surface area contributed by atoms with E-state index in [4.69, 9.17) is 4.74 Å². The monoisotopic (exact) mass is 368 g/mol. The van der Waals surface area contributed by atoms with E-state index in [0.717, 1.165) is 11.3 Å². The lowest BCUT2D eigenvalue weighted by Crippen LogP contribution is -2.01. The number of nitrogens with one attached hydrogen (secondary N) is 1. The number of methoxy groups -OCH3 is 1. The molecular formula is C13H13IN4O. The standard InChI is InChI=1S/C13H13IN4O/c1-9(10-3-5-11(14)6-4-10)17-18-12-7-13(19-2)16-8-15-12/h3-8H,1-2H3,(H,15,16,18)/b17-9-. The number of hydrogen-bond acceptors (Lipinski definition) is 5. The zero-order chi connectivity index (χ0) is 13.7. The average Bonchev–Trinajstić information content (AvgIpc) is 2.46. The number of halogens is 1. The average molecular weight is 368 g/mol. The van der Waals surface area contributed by atoms with Gasteiger partial charge in [0, 0.05) is 9.64 Å². The number of anilines is 1. The number of ether oxygens (including phenoxy) is 1. The second-order valence-corrected chi connectivity index (χ2v) is 5.01. The van der Waals surface area contributed by atoms with Crippen molar-refractivity contribution < 1.29 is 4.74 Å². The van der Waals surface area contributed by atoms with Crippen LogP contribution in [0.4, 0.5) is 5.82 Å². The summed E-state index contributed by atoms with van der Waals surface area (Å²) in [5, 5.41) is 4.29. The van der Waals surface area contributed by atoms with Crippen molar-refractivity contribution in [3.8, 4) is 5.88 Å². The molecule has 0 spiro atoms. The lowest BCUT2D eigenvalue weighted by molar-refractivity contribution is 0.397. The van der Waals surface area contributed by atoms with E-state index in [2.05, 4.69) is 43.1 Å². The maximum atomic E-state index is 5.02. The molecule has 0 bridgehead atoms. The Labute approximate surface area is 125 Å². The number of benzene rings is 1. The molecule has 5 nitrogen and oxygen atoms in total. The third-order valence-electron chi connectivity index (χ3n) is 2.45. The Hall–Kier alpha value is -1.70. The van der Waals surface area contributed by atoms with Gasteiger partial charge < -0.3 is 4.74 Å². The lowest BCUT2D eigenvalue weighted by Gasteiger charge is -2.04. The SMILES string of the molecule is COc1cc(N/N=C(/C)c2ccc(I)cc2)ncn1. The van der Waals surface area contributed by atoms with Crippen molar-refractivity contribution in [3.05, 3.63) is 45.8 Å². The molecule has 0 saturated carbocycles. The first-order chi connectivity index (χ1) is 9.19. The molecule has 1 aromatic heterocycles. The van der Waals surface area contributed by atoms with Gasteiger partial charge in [0.05, 0.1) is 12.8 Å². The summed E-state index contributed by atoms with van der Waals surface area (Å²) in [5.41, 5.74) is 4.83. The van der Waals surface area contributed by atoms with E-state index in [0.29, 0.717) is 11.7 Å². The van der Waals surface area contributed by atoms with Crippen LogP contribution in [-0.4, -0.2) is 22.8 Å². The molecule has 2 rings (SSSR count). The van der Waals surface area contributed by atoms with Crippen LogP contribution in [0.15, 0.2) is 41.8 Å². The van der Waals surface area contributed by atoms with Gasteiger partial charge in [0.1, 0.15) is 6.33 Å². The summed E-state index contributed by atoms with van der Waals surface area (Å²) in [4.78, 5) is 7.99. The fourth-order valence-electron chi connectivity index (χ4n) is 1.41. The topological polar surface area (TPSA) is 59.4 Å². The van der Waals surface area contributed by atoms with Crippen LogP contribution in [0.1, 0.15) is 12.5 Å². The summed E-state index contributed by atoms with van der Waals surface area (Å²) in [5.74, 6) is 1.09. The van der Waals surface area contributed by atoms with E-state index in [1.807, 2.05) is 31.2 Å². The summed E-state index contributed by atoms with van der Waals surface area (Å²) in [7, 11) is 1.56. The van der Waals surface area contributed by atoms with E-state index in [1.165, 1.54) is 9.90 Å². The van der Waals surface area contributed by atoms with Crippen LogP contribution >= 0.6 is 22.6 Å². The molecule has 1 N–H and O–H groups in total. The maximum Gasteiger partial charge on any atom is 0.218 e. The number of nitrogens with zero attached hydrogens (tertiary/aromatic N) is 3. The largest absolute Gasteiger partial charge is 0.481 e. The van der Waals surface area contributed by atoms with E-state index in [-0.39, 0.29) is 0 Å². The van der Waals surface area contributed by atoms with E-state index in [1.54, 1.807) is 13.2 Å². The van der Waals surface area contributed by atoms with Gasteiger partial charge in [-0.1, -0.05) is 12.1 Å². The first-order valence-corrected chi connectivity index (χ1v) is 6.69. The van der Waals surface area contributed by atoms with E-state index < -0.39 is 0 Å². The quantitative estimate of drug-likeness (QED) is 0.512. The second kappa shape index (κ2) is 6.46. The fourth-order valence-corrected chi connectivity index (χ4v) is 1.77.